The molecule has 0 amide bonds. The SMILES string of the molecule is Cc1ccc(-c2c(-c3ccccc3)cc(-c3ccccc3)c(-c3ccc(C)cc3)c2O)cc1. The third-order valence-corrected chi connectivity index (χ3v) is 6.15. The van der Waals surface area contributed by atoms with Gasteiger partial charge in [-0.1, -0.05) is 120 Å². The molecule has 0 atom stereocenters. The second kappa shape index (κ2) is 8.80. The van der Waals surface area contributed by atoms with Crippen LogP contribution < -0.4 is 0 Å². The predicted molar refractivity (Wildman–Crippen MR) is 139 cm³/mol. The van der Waals surface area contributed by atoms with Gasteiger partial charge in [-0.25, -0.2) is 0 Å². The minimum Gasteiger partial charge on any atom is -0.507 e. The van der Waals surface area contributed by atoms with Crippen molar-refractivity contribution in [2.45, 2.75) is 13.8 Å². The van der Waals surface area contributed by atoms with Crippen molar-refractivity contribution in [3.8, 4) is 50.3 Å². The Hall–Kier alpha value is -4.10. The molecule has 0 unspecified atom stereocenters. The average molecular weight is 427 g/mol. The highest BCUT2D eigenvalue weighted by molar-refractivity contribution is 6.00. The van der Waals surface area contributed by atoms with Crippen molar-refractivity contribution >= 4 is 0 Å². The van der Waals surface area contributed by atoms with E-state index in [-0.39, 0.29) is 0 Å². The van der Waals surface area contributed by atoms with E-state index in [9.17, 15) is 5.11 Å². The molecule has 0 bridgehead atoms. The molecule has 5 aromatic rings. The van der Waals surface area contributed by atoms with Gasteiger partial charge in [0.2, 0.25) is 0 Å². The molecule has 5 aromatic carbocycles. The predicted octanol–water partition coefficient (Wildman–Crippen LogP) is 8.68. The molecule has 33 heavy (non-hydrogen) atoms. The van der Waals surface area contributed by atoms with E-state index in [0.717, 1.165) is 44.5 Å². The number of phenolic OH excluding ortho intramolecular Hbond substituents is 1. The molecule has 0 aliphatic rings. The molecular formula is C32H26O. The second-order valence-corrected chi connectivity index (χ2v) is 8.53. The average Bonchev–Trinajstić information content (AvgIpc) is 2.86. The van der Waals surface area contributed by atoms with Gasteiger partial charge in [-0.2, -0.15) is 0 Å². The maximum atomic E-state index is 11.9. The highest BCUT2D eigenvalue weighted by atomic mass is 16.3. The number of hydrogen-bond donors (Lipinski definition) is 1. The molecule has 1 N–H and O–H groups in total. The fraction of sp³-hybridized carbons (Fsp3) is 0.0625. The van der Waals surface area contributed by atoms with Gasteiger partial charge in [0.05, 0.1) is 0 Å². The van der Waals surface area contributed by atoms with Crippen LogP contribution in [0.4, 0.5) is 0 Å². The number of rotatable bonds is 4. The highest BCUT2D eigenvalue weighted by Crippen LogP contribution is 2.49. The van der Waals surface area contributed by atoms with Crippen LogP contribution in [0.15, 0.2) is 115 Å². The van der Waals surface area contributed by atoms with Crippen molar-refractivity contribution in [3.05, 3.63) is 126 Å². The van der Waals surface area contributed by atoms with Crippen LogP contribution >= 0.6 is 0 Å². The van der Waals surface area contributed by atoms with Crippen LogP contribution in [0.5, 0.6) is 5.75 Å². The summed E-state index contributed by atoms with van der Waals surface area (Å²) >= 11 is 0. The Morgan fingerprint density at radius 3 is 1.15 bits per heavy atom. The lowest BCUT2D eigenvalue weighted by Gasteiger charge is -2.21. The summed E-state index contributed by atoms with van der Waals surface area (Å²) in [7, 11) is 0. The van der Waals surface area contributed by atoms with Crippen LogP contribution in [0.25, 0.3) is 44.5 Å². The normalized spacial score (nSPS) is 10.8. The van der Waals surface area contributed by atoms with Crippen LogP contribution in [-0.2, 0) is 0 Å². The minimum atomic E-state index is 0.308. The van der Waals surface area contributed by atoms with Crippen molar-refractivity contribution in [1.29, 1.82) is 0 Å². The molecule has 5 rings (SSSR count). The molecule has 0 aliphatic carbocycles. The van der Waals surface area contributed by atoms with Crippen LogP contribution in [0, 0.1) is 13.8 Å². The third-order valence-electron chi connectivity index (χ3n) is 6.15. The lowest BCUT2D eigenvalue weighted by molar-refractivity contribution is 0.479. The number of aryl methyl sites for hydroxylation is 2. The van der Waals surface area contributed by atoms with Gasteiger partial charge >= 0.3 is 0 Å². The zero-order valence-electron chi connectivity index (χ0n) is 18.9. The summed E-state index contributed by atoms with van der Waals surface area (Å²) in [5.74, 6) is 0.308. The van der Waals surface area contributed by atoms with E-state index < -0.39 is 0 Å². The molecule has 0 saturated carbocycles. The molecule has 0 radical (unpaired) electrons. The quantitative estimate of drug-likeness (QED) is 0.305. The van der Waals surface area contributed by atoms with Gasteiger partial charge in [0.25, 0.3) is 0 Å². The molecular weight excluding hydrogens is 400 g/mol. The van der Waals surface area contributed by atoms with Crippen LogP contribution in [-0.4, -0.2) is 5.11 Å². The van der Waals surface area contributed by atoms with Gasteiger partial charge in [-0.3, -0.25) is 0 Å². The lowest BCUT2D eigenvalue weighted by Crippen LogP contribution is -1.94. The van der Waals surface area contributed by atoms with Crippen LogP contribution in [0.1, 0.15) is 11.1 Å². The minimum absolute atomic E-state index is 0.308. The fourth-order valence-corrected chi connectivity index (χ4v) is 4.38. The Labute approximate surface area is 195 Å². The Kier molecular flexibility index (Phi) is 5.54. The van der Waals surface area contributed by atoms with Crippen LogP contribution in [0.3, 0.4) is 0 Å². The lowest BCUT2D eigenvalue weighted by atomic mass is 9.84. The first kappa shape index (κ1) is 20.8. The summed E-state index contributed by atoms with van der Waals surface area (Å²) < 4.78 is 0. The Morgan fingerprint density at radius 1 is 0.424 bits per heavy atom. The molecule has 0 aliphatic heterocycles. The van der Waals surface area contributed by atoms with E-state index in [0.29, 0.717) is 5.75 Å². The first-order valence-electron chi connectivity index (χ1n) is 11.3. The van der Waals surface area contributed by atoms with E-state index in [4.69, 9.17) is 0 Å². The summed E-state index contributed by atoms with van der Waals surface area (Å²) in [6.07, 6.45) is 0. The maximum absolute atomic E-state index is 11.9. The zero-order valence-corrected chi connectivity index (χ0v) is 18.9. The number of phenols is 1. The third kappa shape index (κ3) is 4.06. The fourth-order valence-electron chi connectivity index (χ4n) is 4.38. The van der Waals surface area contributed by atoms with E-state index in [1.165, 1.54) is 11.1 Å². The Bertz CT molecular complexity index is 1270. The van der Waals surface area contributed by atoms with Crippen molar-refractivity contribution in [3.63, 3.8) is 0 Å². The van der Waals surface area contributed by atoms with E-state index in [2.05, 4.69) is 92.7 Å². The van der Waals surface area contributed by atoms with Crippen molar-refractivity contribution < 1.29 is 5.11 Å². The van der Waals surface area contributed by atoms with Gasteiger partial charge in [0.1, 0.15) is 5.75 Å². The largest absolute Gasteiger partial charge is 0.507 e. The molecule has 0 saturated heterocycles. The molecule has 160 valence electrons. The van der Waals surface area contributed by atoms with Crippen molar-refractivity contribution in [2.75, 3.05) is 0 Å². The first-order valence-corrected chi connectivity index (χ1v) is 11.3. The summed E-state index contributed by atoms with van der Waals surface area (Å²) in [4.78, 5) is 0. The Balaban J connectivity index is 1.89. The topological polar surface area (TPSA) is 20.2 Å². The molecule has 0 heterocycles. The smallest absolute Gasteiger partial charge is 0.132 e. The summed E-state index contributed by atoms with van der Waals surface area (Å²) in [5.41, 5.74) is 10.3. The summed E-state index contributed by atoms with van der Waals surface area (Å²) in [6.45, 7) is 4.16. The molecule has 0 spiro atoms. The van der Waals surface area contributed by atoms with Gasteiger partial charge in [0.15, 0.2) is 0 Å². The number of aromatic hydroxyl groups is 1. The molecule has 1 nitrogen and oxygen atoms in total. The van der Waals surface area contributed by atoms with Gasteiger partial charge in [-0.15, -0.1) is 0 Å². The maximum Gasteiger partial charge on any atom is 0.132 e. The molecule has 0 fully saturated rings. The summed E-state index contributed by atoms with van der Waals surface area (Å²) in [5, 5.41) is 11.9. The number of hydrogen-bond acceptors (Lipinski definition) is 1. The van der Waals surface area contributed by atoms with Crippen LogP contribution in [0.2, 0.25) is 0 Å². The van der Waals surface area contributed by atoms with Crippen molar-refractivity contribution in [2.24, 2.45) is 0 Å². The van der Waals surface area contributed by atoms with Crippen molar-refractivity contribution in [1.82, 2.24) is 0 Å². The van der Waals surface area contributed by atoms with Gasteiger partial charge < -0.3 is 5.11 Å². The molecule has 0 aromatic heterocycles. The van der Waals surface area contributed by atoms with Gasteiger partial charge in [0, 0.05) is 11.1 Å². The Morgan fingerprint density at radius 2 is 0.788 bits per heavy atom. The monoisotopic (exact) mass is 426 g/mol. The van der Waals surface area contributed by atoms with E-state index in [1.807, 2.05) is 36.4 Å². The molecule has 1 heteroatoms. The van der Waals surface area contributed by atoms with E-state index >= 15 is 0 Å². The van der Waals surface area contributed by atoms with Gasteiger partial charge in [-0.05, 0) is 53.3 Å². The second-order valence-electron chi connectivity index (χ2n) is 8.53. The highest BCUT2D eigenvalue weighted by Gasteiger charge is 2.22. The number of benzene rings is 5. The summed E-state index contributed by atoms with van der Waals surface area (Å²) in [6, 6.07) is 39.6. The van der Waals surface area contributed by atoms with E-state index in [1.54, 1.807) is 0 Å². The zero-order chi connectivity index (χ0) is 22.8. The standard InChI is InChI=1S/C32H26O/c1-22-13-17-26(18-14-22)30-28(24-9-5-3-6-10-24)21-29(25-11-7-4-8-12-25)31(32(30)33)27-19-15-23(2)16-20-27/h3-21,33H,1-2H3. The first-order chi connectivity index (χ1) is 16.1.